The summed E-state index contributed by atoms with van der Waals surface area (Å²) in [4.78, 5) is 15.0. The zero-order chi connectivity index (χ0) is 15.1. The van der Waals surface area contributed by atoms with Crippen LogP contribution in [0.25, 0.3) is 0 Å². The fourth-order valence-electron chi connectivity index (χ4n) is 3.14. The van der Waals surface area contributed by atoms with Gasteiger partial charge < -0.3 is 15.4 Å². The molecule has 2 heterocycles. The van der Waals surface area contributed by atoms with Crippen molar-refractivity contribution < 1.29 is 9.53 Å². The number of nitrogens with two attached hydrogens (primary N) is 1. The van der Waals surface area contributed by atoms with Crippen molar-refractivity contribution in [3.05, 3.63) is 10.4 Å². The van der Waals surface area contributed by atoms with Crippen LogP contribution in [-0.4, -0.2) is 26.2 Å². The van der Waals surface area contributed by atoms with Gasteiger partial charge in [0.05, 0.1) is 17.8 Å². The van der Waals surface area contributed by atoms with Crippen LogP contribution in [0.3, 0.4) is 0 Å². The molecule has 4 nitrogen and oxygen atoms in total. The van der Waals surface area contributed by atoms with E-state index in [1.165, 1.54) is 48.3 Å². The van der Waals surface area contributed by atoms with Crippen molar-refractivity contribution in [3.63, 3.8) is 0 Å². The van der Waals surface area contributed by atoms with Crippen LogP contribution in [0.5, 0.6) is 0 Å². The summed E-state index contributed by atoms with van der Waals surface area (Å²) in [6.45, 7) is 6.76. The minimum Gasteiger partial charge on any atom is -0.465 e. The molecule has 0 radical (unpaired) electrons. The summed E-state index contributed by atoms with van der Waals surface area (Å²) in [7, 11) is 1.42. The van der Waals surface area contributed by atoms with Crippen molar-refractivity contribution in [1.82, 2.24) is 0 Å². The van der Waals surface area contributed by atoms with Crippen LogP contribution in [0.2, 0.25) is 0 Å². The maximum atomic E-state index is 11.9. The van der Waals surface area contributed by atoms with E-state index in [0.717, 1.165) is 19.0 Å². The summed E-state index contributed by atoms with van der Waals surface area (Å²) in [6, 6.07) is 0. The molecule has 2 fully saturated rings. The van der Waals surface area contributed by atoms with E-state index >= 15 is 0 Å². The maximum Gasteiger partial charge on any atom is 0.350 e. The third-order valence-electron chi connectivity index (χ3n) is 4.94. The zero-order valence-corrected chi connectivity index (χ0v) is 13.8. The number of piperidine rings is 1. The molecule has 2 N–H and O–H groups in total. The van der Waals surface area contributed by atoms with Crippen molar-refractivity contribution in [2.75, 3.05) is 30.8 Å². The lowest BCUT2D eigenvalue weighted by Crippen LogP contribution is -2.38. The summed E-state index contributed by atoms with van der Waals surface area (Å²) < 4.78 is 4.88. The Morgan fingerprint density at radius 1 is 1.29 bits per heavy atom. The van der Waals surface area contributed by atoms with Crippen LogP contribution in [0.15, 0.2) is 0 Å². The van der Waals surface area contributed by atoms with Gasteiger partial charge in [0.15, 0.2) is 0 Å². The molecule has 1 saturated heterocycles. The van der Waals surface area contributed by atoms with E-state index < -0.39 is 0 Å². The number of thiophene rings is 1. The molecule has 0 spiro atoms. The second kappa shape index (κ2) is 5.52. The molecular formula is C16H24N2O2S. The summed E-state index contributed by atoms with van der Waals surface area (Å²) >= 11 is 1.52. The summed E-state index contributed by atoms with van der Waals surface area (Å²) in [5.41, 5.74) is 8.15. The molecule has 5 heteroatoms. The molecule has 116 valence electrons. The average molecular weight is 308 g/mol. The first-order chi connectivity index (χ1) is 10.0. The van der Waals surface area contributed by atoms with Crippen molar-refractivity contribution in [1.29, 1.82) is 0 Å². The highest BCUT2D eigenvalue weighted by Gasteiger charge is 2.36. The molecule has 2 unspecified atom stereocenters. The number of hydrogen-bond acceptors (Lipinski definition) is 5. The van der Waals surface area contributed by atoms with E-state index in [2.05, 4.69) is 18.7 Å². The third-order valence-corrected chi connectivity index (χ3v) is 6.20. The quantitative estimate of drug-likeness (QED) is 0.869. The van der Waals surface area contributed by atoms with E-state index in [1.54, 1.807) is 0 Å². The van der Waals surface area contributed by atoms with Gasteiger partial charge in [-0.1, -0.05) is 13.8 Å². The molecule has 21 heavy (non-hydrogen) atoms. The Labute approximate surface area is 130 Å². The minimum atomic E-state index is -0.302. The van der Waals surface area contributed by atoms with Crippen molar-refractivity contribution in [2.45, 2.75) is 39.0 Å². The summed E-state index contributed by atoms with van der Waals surface area (Å²) in [6.07, 6.45) is 3.58. The van der Waals surface area contributed by atoms with Gasteiger partial charge >= 0.3 is 5.97 Å². The molecule has 0 bridgehead atoms. The number of ether oxygens (including phenoxy) is 1. The van der Waals surface area contributed by atoms with Gasteiger partial charge in [-0.05, 0) is 37.0 Å². The highest BCUT2D eigenvalue weighted by Crippen LogP contribution is 2.52. The summed E-state index contributed by atoms with van der Waals surface area (Å²) in [5, 5.41) is 1.22. The summed E-state index contributed by atoms with van der Waals surface area (Å²) in [5.74, 6) is 1.69. The number of nitrogen functional groups attached to an aromatic ring is 1. The van der Waals surface area contributed by atoms with Gasteiger partial charge in [0.1, 0.15) is 4.88 Å². The van der Waals surface area contributed by atoms with E-state index in [4.69, 9.17) is 10.5 Å². The van der Waals surface area contributed by atoms with Crippen LogP contribution in [0, 0.1) is 11.8 Å². The van der Waals surface area contributed by atoms with Gasteiger partial charge in [-0.2, -0.15) is 0 Å². The molecule has 2 atom stereocenters. The fourth-order valence-corrected chi connectivity index (χ4v) is 4.40. The van der Waals surface area contributed by atoms with E-state index in [0.29, 0.717) is 22.4 Å². The monoisotopic (exact) mass is 308 g/mol. The molecule has 1 aliphatic heterocycles. The first-order valence-electron chi connectivity index (χ1n) is 7.78. The van der Waals surface area contributed by atoms with Gasteiger partial charge in [0, 0.05) is 18.7 Å². The van der Waals surface area contributed by atoms with Crippen molar-refractivity contribution >= 4 is 28.0 Å². The number of carbonyl (C=O) groups excluding carboxylic acids is 1. The second-order valence-corrected chi connectivity index (χ2v) is 7.52. The standard InChI is InChI=1S/C16H24N2O2S/c1-9-6-7-18(8-10(9)2)15-12(11-4-5-11)13(17)14(21-15)16(19)20-3/h9-11H,4-8,17H2,1-3H3. The lowest BCUT2D eigenvalue weighted by Gasteiger charge is -2.36. The third kappa shape index (κ3) is 2.63. The Hall–Kier alpha value is -1.23. The van der Waals surface area contributed by atoms with Gasteiger partial charge in [0.25, 0.3) is 0 Å². The Kier molecular flexibility index (Phi) is 3.86. The lowest BCUT2D eigenvalue weighted by molar-refractivity contribution is 0.0607. The molecule has 0 amide bonds. The molecule has 2 aliphatic rings. The normalized spacial score (nSPS) is 26.0. The van der Waals surface area contributed by atoms with Gasteiger partial charge in [-0.3, -0.25) is 0 Å². The van der Waals surface area contributed by atoms with E-state index in [1.807, 2.05) is 0 Å². The lowest BCUT2D eigenvalue weighted by atomic mass is 9.88. The van der Waals surface area contributed by atoms with Gasteiger partial charge in [-0.25, -0.2) is 4.79 Å². The van der Waals surface area contributed by atoms with Crippen LogP contribution < -0.4 is 10.6 Å². The molecule has 0 aromatic carbocycles. The molecule has 1 saturated carbocycles. The Morgan fingerprint density at radius 3 is 2.57 bits per heavy atom. The Bertz CT molecular complexity index is 551. The topological polar surface area (TPSA) is 55.6 Å². The first-order valence-corrected chi connectivity index (χ1v) is 8.60. The smallest absolute Gasteiger partial charge is 0.350 e. The molecule has 3 rings (SSSR count). The largest absolute Gasteiger partial charge is 0.465 e. The van der Waals surface area contributed by atoms with E-state index in [-0.39, 0.29) is 5.97 Å². The molecule has 1 aromatic rings. The Morgan fingerprint density at radius 2 is 2.00 bits per heavy atom. The number of nitrogens with zero attached hydrogens (tertiary/aromatic N) is 1. The highest BCUT2D eigenvalue weighted by molar-refractivity contribution is 7.18. The Balaban J connectivity index is 1.95. The average Bonchev–Trinajstić information content (AvgIpc) is 3.24. The SMILES string of the molecule is COC(=O)c1sc(N2CCC(C)C(C)C2)c(C2CC2)c1N. The van der Waals surface area contributed by atoms with Crippen molar-refractivity contribution in [3.8, 4) is 0 Å². The molecular weight excluding hydrogens is 284 g/mol. The number of methoxy groups -OCH3 is 1. The van der Waals surface area contributed by atoms with E-state index in [9.17, 15) is 4.79 Å². The maximum absolute atomic E-state index is 11.9. The van der Waals surface area contributed by atoms with Gasteiger partial charge in [0.2, 0.25) is 0 Å². The minimum absolute atomic E-state index is 0.302. The van der Waals surface area contributed by atoms with Crippen LogP contribution in [-0.2, 0) is 4.74 Å². The number of anilines is 2. The zero-order valence-electron chi connectivity index (χ0n) is 13.0. The van der Waals surface area contributed by atoms with Crippen LogP contribution in [0.4, 0.5) is 10.7 Å². The van der Waals surface area contributed by atoms with Gasteiger partial charge in [-0.15, -0.1) is 11.3 Å². The predicted molar refractivity (Wildman–Crippen MR) is 87.2 cm³/mol. The van der Waals surface area contributed by atoms with Crippen LogP contribution >= 0.6 is 11.3 Å². The number of rotatable bonds is 3. The highest BCUT2D eigenvalue weighted by atomic mass is 32.1. The first kappa shape index (κ1) is 14.7. The number of carbonyl (C=O) groups is 1. The van der Waals surface area contributed by atoms with Crippen molar-refractivity contribution in [2.24, 2.45) is 11.8 Å². The van der Waals surface area contributed by atoms with Crippen LogP contribution in [0.1, 0.15) is 54.3 Å². The second-order valence-electron chi connectivity index (χ2n) is 6.52. The number of esters is 1. The fraction of sp³-hybridized carbons (Fsp3) is 0.688. The number of hydrogen-bond donors (Lipinski definition) is 1. The molecule has 1 aliphatic carbocycles. The predicted octanol–water partition coefficient (Wildman–Crippen LogP) is 3.48. The molecule has 1 aromatic heterocycles.